The van der Waals surface area contributed by atoms with Crippen LogP contribution in [-0.2, 0) is 0 Å². The molecule has 37 heavy (non-hydrogen) atoms. The third kappa shape index (κ3) is 2.41. The lowest BCUT2D eigenvalue weighted by Gasteiger charge is -2.11. The van der Waals surface area contributed by atoms with Crippen LogP contribution in [-0.4, -0.2) is 9.55 Å². The number of aromatic amines is 1. The van der Waals surface area contributed by atoms with E-state index in [4.69, 9.17) is 4.42 Å². The minimum atomic E-state index is 0.912. The molecule has 0 bridgehead atoms. The molecule has 0 fully saturated rings. The van der Waals surface area contributed by atoms with Crippen molar-refractivity contribution in [1.82, 2.24) is 9.55 Å². The van der Waals surface area contributed by atoms with E-state index in [1.165, 1.54) is 54.4 Å². The second-order valence-electron chi connectivity index (χ2n) is 9.82. The zero-order valence-corrected chi connectivity index (χ0v) is 19.8. The molecule has 3 heterocycles. The van der Waals surface area contributed by atoms with Gasteiger partial charge in [-0.15, -0.1) is 0 Å². The summed E-state index contributed by atoms with van der Waals surface area (Å²) in [5.74, 6) is 0. The Balaban J connectivity index is 1.55. The molecule has 0 aliphatic rings. The Bertz CT molecular complexity index is 2360. The average Bonchev–Trinajstić information content (AvgIpc) is 3.62. The largest absolute Gasteiger partial charge is 0.456 e. The van der Waals surface area contributed by atoms with E-state index >= 15 is 0 Å². The normalized spacial score (nSPS) is 12.3. The van der Waals surface area contributed by atoms with E-state index in [0.29, 0.717) is 0 Å². The van der Waals surface area contributed by atoms with Gasteiger partial charge >= 0.3 is 0 Å². The van der Waals surface area contributed by atoms with Crippen LogP contribution < -0.4 is 0 Å². The van der Waals surface area contributed by atoms with Crippen LogP contribution in [0.3, 0.4) is 0 Å². The molecule has 0 aliphatic carbocycles. The van der Waals surface area contributed by atoms with E-state index in [1.807, 2.05) is 12.1 Å². The van der Waals surface area contributed by atoms with Crippen LogP contribution in [0.1, 0.15) is 0 Å². The average molecular weight is 473 g/mol. The van der Waals surface area contributed by atoms with Gasteiger partial charge in [0, 0.05) is 54.3 Å². The Labute approximate surface area is 211 Å². The molecular formula is C34H20N2O. The molecule has 0 unspecified atom stereocenters. The number of aromatic nitrogens is 2. The molecule has 0 saturated carbocycles. The second-order valence-corrected chi connectivity index (χ2v) is 9.82. The van der Waals surface area contributed by atoms with Crippen molar-refractivity contribution < 1.29 is 4.42 Å². The van der Waals surface area contributed by atoms with Gasteiger partial charge in [-0.25, -0.2) is 0 Å². The molecule has 172 valence electrons. The van der Waals surface area contributed by atoms with Crippen LogP contribution in [0.2, 0.25) is 0 Å². The molecule has 3 nitrogen and oxygen atoms in total. The molecule has 0 amide bonds. The summed E-state index contributed by atoms with van der Waals surface area (Å²) in [6, 6.07) is 41.0. The first-order valence-electron chi connectivity index (χ1n) is 12.6. The molecule has 9 rings (SSSR count). The first-order valence-corrected chi connectivity index (χ1v) is 12.6. The molecule has 0 saturated heterocycles. The first kappa shape index (κ1) is 19.2. The lowest BCUT2D eigenvalue weighted by Crippen LogP contribution is -1.94. The first-order chi connectivity index (χ1) is 18.4. The number of rotatable bonds is 1. The highest BCUT2D eigenvalue weighted by Gasteiger charge is 2.21. The maximum Gasteiger partial charge on any atom is 0.135 e. The van der Waals surface area contributed by atoms with Crippen LogP contribution in [0, 0.1) is 0 Å². The molecule has 3 heteroatoms. The molecule has 0 aliphatic heterocycles. The monoisotopic (exact) mass is 472 g/mol. The van der Waals surface area contributed by atoms with E-state index in [9.17, 15) is 0 Å². The third-order valence-electron chi connectivity index (χ3n) is 7.90. The summed E-state index contributed by atoms with van der Waals surface area (Å²) < 4.78 is 8.59. The van der Waals surface area contributed by atoms with Crippen LogP contribution in [0.15, 0.2) is 120 Å². The summed E-state index contributed by atoms with van der Waals surface area (Å²) in [6.45, 7) is 0. The third-order valence-corrected chi connectivity index (χ3v) is 7.90. The standard InChI is InChI=1S/C34H20N2O/c1-2-11-23-22(10-1)33-31(24-12-3-6-14-27(24)35-33)32-25-13-4-7-15-28(25)36(34(23)32)20-17-18-30-26(19-20)21-9-5-8-16-29(21)37-30/h1-19,35H. The van der Waals surface area contributed by atoms with Gasteiger partial charge in [-0.2, -0.15) is 0 Å². The van der Waals surface area contributed by atoms with E-state index in [-0.39, 0.29) is 0 Å². The maximum atomic E-state index is 6.15. The molecule has 6 aromatic carbocycles. The molecule has 0 atom stereocenters. The molecule has 0 spiro atoms. The van der Waals surface area contributed by atoms with Gasteiger partial charge in [-0.05, 0) is 36.4 Å². The number of hydrogen-bond acceptors (Lipinski definition) is 1. The molecule has 0 radical (unpaired) electrons. The van der Waals surface area contributed by atoms with Crippen molar-refractivity contribution in [2.75, 3.05) is 0 Å². The van der Waals surface area contributed by atoms with Gasteiger partial charge in [0.1, 0.15) is 11.2 Å². The van der Waals surface area contributed by atoms with Gasteiger partial charge in [-0.1, -0.05) is 78.9 Å². The fourth-order valence-electron chi connectivity index (χ4n) is 6.38. The highest BCUT2D eigenvalue weighted by Crippen LogP contribution is 2.45. The lowest BCUT2D eigenvalue weighted by atomic mass is 9.99. The molecule has 9 aromatic rings. The molecular weight excluding hydrogens is 452 g/mol. The molecule has 1 N–H and O–H groups in total. The maximum absolute atomic E-state index is 6.15. The Morgan fingerprint density at radius 3 is 2.08 bits per heavy atom. The van der Waals surface area contributed by atoms with Gasteiger partial charge < -0.3 is 14.0 Å². The fraction of sp³-hybridized carbons (Fsp3) is 0. The van der Waals surface area contributed by atoms with E-state index in [0.717, 1.165) is 27.6 Å². The summed E-state index contributed by atoms with van der Waals surface area (Å²) in [6.07, 6.45) is 0. The van der Waals surface area contributed by atoms with Gasteiger partial charge in [0.15, 0.2) is 0 Å². The van der Waals surface area contributed by atoms with Crippen LogP contribution >= 0.6 is 0 Å². The SMILES string of the molecule is c1ccc2c(c1)[nH]c1c3ccccc3c3c(c4ccccc4n3-c3ccc4oc5ccccc5c4c3)c21. The van der Waals surface area contributed by atoms with E-state index < -0.39 is 0 Å². The Morgan fingerprint density at radius 1 is 0.514 bits per heavy atom. The number of H-pyrrole nitrogens is 1. The van der Waals surface area contributed by atoms with Crippen molar-refractivity contribution in [2.24, 2.45) is 0 Å². The number of para-hydroxylation sites is 3. The van der Waals surface area contributed by atoms with Crippen molar-refractivity contribution in [3.63, 3.8) is 0 Å². The minimum absolute atomic E-state index is 0.912. The number of benzene rings is 6. The fourth-order valence-corrected chi connectivity index (χ4v) is 6.38. The minimum Gasteiger partial charge on any atom is -0.456 e. The second kappa shape index (κ2) is 6.80. The number of fused-ring (bicyclic) bond motifs is 13. The predicted octanol–water partition coefficient (Wildman–Crippen LogP) is 9.47. The van der Waals surface area contributed by atoms with Gasteiger partial charge in [0.05, 0.1) is 16.6 Å². The van der Waals surface area contributed by atoms with Crippen LogP contribution in [0.5, 0.6) is 0 Å². The zero-order chi connectivity index (χ0) is 24.1. The summed E-state index contributed by atoms with van der Waals surface area (Å²) >= 11 is 0. The molecule has 3 aromatic heterocycles. The van der Waals surface area contributed by atoms with Crippen molar-refractivity contribution in [1.29, 1.82) is 0 Å². The number of furan rings is 1. The smallest absolute Gasteiger partial charge is 0.135 e. The predicted molar refractivity (Wildman–Crippen MR) is 155 cm³/mol. The van der Waals surface area contributed by atoms with E-state index in [1.54, 1.807) is 0 Å². The summed E-state index contributed by atoms with van der Waals surface area (Å²) in [4.78, 5) is 3.75. The lowest BCUT2D eigenvalue weighted by molar-refractivity contribution is 0.669. The van der Waals surface area contributed by atoms with Gasteiger partial charge in [-0.3, -0.25) is 0 Å². The van der Waals surface area contributed by atoms with Crippen LogP contribution in [0.25, 0.3) is 82.0 Å². The van der Waals surface area contributed by atoms with Crippen molar-refractivity contribution >= 4 is 76.3 Å². The Kier molecular flexibility index (Phi) is 3.53. The van der Waals surface area contributed by atoms with Crippen molar-refractivity contribution in [3.05, 3.63) is 115 Å². The highest BCUT2D eigenvalue weighted by molar-refractivity contribution is 6.36. The zero-order valence-electron chi connectivity index (χ0n) is 19.8. The Hall–Kier alpha value is -5.02. The number of hydrogen-bond donors (Lipinski definition) is 1. The van der Waals surface area contributed by atoms with Crippen molar-refractivity contribution in [3.8, 4) is 5.69 Å². The number of nitrogens with one attached hydrogen (secondary N) is 1. The number of nitrogens with zero attached hydrogens (tertiary/aromatic N) is 1. The van der Waals surface area contributed by atoms with Gasteiger partial charge in [0.25, 0.3) is 0 Å². The van der Waals surface area contributed by atoms with Crippen molar-refractivity contribution in [2.45, 2.75) is 0 Å². The summed E-state index contributed by atoms with van der Waals surface area (Å²) in [5, 5.41) is 9.85. The topological polar surface area (TPSA) is 33.9 Å². The summed E-state index contributed by atoms with van der Waals surface area (Å²) in [7, 11) is 0. The Morgan fingerprint density at radius 2 is 1.19 bits per heavy atom. The quantitative estimate of drug-likeness (QED) is 0.254. The van der Waals surface area contributed by atoms with Crippen LogP contribution in [0.4, 0.5) is 0 Å². The van der Waals surface area contributed by atoms with Gasteiger partial charge in [0.2, 0.25) is 0 Å². The van der Waals surface area contributed by atoms with E-state index in [2.05, 4.69) is 113 Å². The summed E-state index contributed by atoms with van der Waals surface area (Å²) in [5.41, 5.74) is 7.77. The highest BCUT2D eigenvalue weighted by atomic mass is 16.3.